The zero-order valence-electron chi connectivity index (χ0n) is 19.1. The molecule has 0 radical (unpaired) electrons. The topological polar surface area (TPSA) is 83.3 Å². The summed E-state index contributed by atoms with van der Waals surface area (Å²) in [6.45, 7) is -0.855. The maximum atomic E-state index is 13.6. The number of ketones is 1. The maximum absolute atomic E-state index is 13.6. The van der Waals surface area contributed by atoms with Crippen LogP contribution in [0.2, 0.25) is 0 Å². The Morgan fingerprint density at radius 2 is 1.76 bits per heavy atom. The third kappa shape index (κ3) is 6.54. The van der Waals surface area contributed by atoms with Crippen LogP contribution in [0, 0.1) is 11.3 Å². The van der Waals surface area contributed by atoms with Crippen LogP contribution in [-0.4, -0.2) is 46.4 Å². The van der Waals surface area contributed by atoms with Crippen LogP contribution in [0.15, 0.2) is 54.7 Å². The highest BCUT2D eigenvalue weighted by Gasteiger charge is 2.47. The molecule has 4 rings (SSSR count). The van der Waals surface area contributed by atoms with Crippen molar-refractivity contribution in [1.82, 2.24) is 9.88 Å². The minimum Gasteiger partial charge on any atom is -0.406 e. The first-order valence-electron chi connectivity index (χ1n) is 10.8. The van der Waals surface area contributed by atoms with Gasteiger partial charge in [-0.3, -0.25) is 14.6 Å². The predicted octanol–water partition coefficient (Wildman–Crippen LogP) is 5.64. The Hall–Kier alpha value is -3.72. The highest BCUT2D eigenvalue weighted by atomic mass is 32.1. The minimum absolute atomic E-state index is 0. The SMILES string of the molecule is N#C[C@@H]1CC(F)(F)CN1C(=O)CCC(=O)c1ccnc2ccc(-c3ccc(OC(F)(F)F)cc3)cc12.S. The van der Waals surface area contributed by atoms with Gasteiger partial charge in [0.15, 0.2) is 5.78 Å². The number of hydrogen-bond acceptors (Lipinski definition) is 5. The molecule has 0 unspecified atom stereocenters. The number of ether oxygens (including phenoxy) is 1. The fourth-order valence-corrected chi connectivity index (χ4v) is 4.11. The van der Waals surface area contributed by atoms with Gasteiger partial charge < -0.3 is 9.64 Å². The van der Waals surface area contributed by atoms with Gasteiger partial charge in [0.2, 0.25) is 5.91 Å². The van der Waals surface area contributed by atoms with E-state index in [1.54, 1.807) is 24.3 Å². The van der Waals surface area contributed by atoms with E-state index in [-0.39, 0.29) is 37.7 Å². The number of alkyl halides is 5. The number of benzene rings is 2. The Labute approximate surface area is 215 Å². The second-order valence-electron chi connectivity index (χ2n) is 8.31. The molecule has 37 heavy (non-hydrogen) atoms. The van der Waals surface area contributed by atoms with Crippen LogP contribution in [0.1, 0.15) is 29.6 Å². The molecule has 1 saturated heterocycles. The van der Waals surface area contributed by atoms with Crippen LogP contribution in [-0.2, 0) is 4.79 Å². The predicted molar refractivity (Wildman–Crippen MR) is 128 cm³/mol. The van der Waals surface area contributed by atoms with Gasteiger partial charge in [0.25, 0.3) is 5.92 Å². The molecule has 1 aliphatic rings. The Morgan fingerprint density at radius 1 is 1.08 bits per heavy atom. The van der Waals surface area contributed by atoms with Crippen LogP contribution < -0.4 is 4.74 Å². The van der Waals surface area contributed by atoms with E-state index < -0.39 is 43.0 Å². The number of nitriles is 1. The number of likely N-dealkylation sites (tertiary alicyclic amines) is 1. The first-order chi connectivity index (χ1) is 17.0. The molecule has 0 N–H and O–H groups in total. The van der Waals surface area contributed by atoms with E-state index in [2.05, 4.69) is 9.72 Å². The number of pyridine rings is 1. The molecule has 1 fully saturated rings. The normalized spacial score (nSPS) is 16.6. The number of carbonyl (C=O) groups excluding carboxylic acids is 2. The van der Waals surface area contributed by atoms with E-state index in [9.17, 15) is 31.5 Å². The molecule has 1 atom stereocenters. The van der Waals surface area contributed by atoms with Gasteiger partial charge in [-0.25, -0.2) is 8.78 Å². The zero-order valence-corrected chi connectivity index (χ0v) is 20.1. The summed E-state index contributed by atoms with van der Waals surface area (Å²) < 4.78 is 68.3. The lowest BCUT2D eigenvalue weighted by molar-refractivity contribution is -0.274. The fourth-order valence-electron chi connectivity index (χ4n) is 4.11. The van der Waals surface area contributed by atoms with E-state index in [1.807, 2.05) is 0 Å². The van der Waals surface area contributed by atoms with Gasteiger partial charge in [0.1, 0.15) is 11.8 Å². The number of fused-ring (bicyclic) bond motifs is 1. The van der Waals surface area contributed by atoms with E-state index in [0.29, 0.717) is 22.0 Å². The molecule has 194 valence electrons. The van der Waals surface area contributed by atoms with Gasteiger partial charge in [-0.15, -0.1) is 13.2 Å². The van der Waals surface area contributed by atoms with Crippen molar-refractivity contribution < 1.29 is 36.3 Å². The Bertz CT molecular complexity index is 1360. The molecule has 0 bridgehead atoms. The van der Waals surface area contributed by atoms with E-state index >= 15 is 0 Å². The lowest BCUT2D eigenvalue weighted by atomic mass is 9.97. The van der Waals surface area contributed by atoms with Crippen LogP contribution in [0.5, 0.6) is 5.75 Å². The third-order valence-electron chi connectivity index (χ3n) is 5.77. The number of nitrogens with zero attached hydrogens (tertiary/aromatic N) is 3. The highest BCUT2D eigenvalue weighted by molar-refractivity contribution is 7.59. The van der Waals surface area contributed by atoms with Crippen LogP contribution in [0.3, 0.4) is 0 Å². The second-order valence-corrected chi connectivity index (χ2v) is 8.31. The number of Topliss-reactive ketones (excluding diaryl/α,β-unsaturated/α-hetero) is 1. The molecule has 0 saturated carbocycles. The molecule has 3 aromatic rings. The first kappa shape index (κ1) is 27.9. The molecule has 0 spiro atoms. The molecule has 1 aromatic heterocycles. The Morgan fingerprint density at radius 3 is 2.41 bits per heavy atom. The summed E-state index contributed by atoms with van der Waals surface area (Å²) in [6, 6.07) is 12.2. The van der Waals surface area contributed by atoms with Gasteiger partial charge in [-0.2, -0.15) is 18.8 Å². The van der Waals surface area contributed by atoms with Crippen molar-refractivity contribution in [3.8, 4) is 22.9 Å². The van der Waals surface area contributed by atoms with E-state index in [0.717, 1.165) is 4.90 Å². The van der Waals surface area contributed by atoms with Gasteiger partial charge in [-0.05, 0) is 41.5 Å². The van der Waals surface area contributed by atoms with Gasteiger partial charge in [0, 0.05) is 36.4 Å². The molecule has 0 aliphatic carbocycles. The third-order valence-corrected chi connectivity index (χ3v) is 5.77. The minimum atomic E-state index is -4.81. The van der Waals surface area contributed by atoms with Crippen LogP contribution in [0.25, 0.3) is 22.0 Å². The van der Waals surface area contributed by atoms with Crippen LogP contribution >= 0.6 is 13.5 Å². The quantitative estimate of drug-likeness (QED) is 0.300. The average Bonchev–Trinajstić information content (AvgIpc) is 3.15. The zero-order chi connectivity index (χ0) is 26.1. The maximum Gasteiger partial charge on any atom is 0.573 e. The summed E-state index contributed by atoms with van der Waals surface area (Å²) in [5, 5.41) is 9.53. The lowest BCUT2D eigenvalue weighted by Crippen LogP contribution is -2.36. The second kappa shape index (κ2) is 10.7. The highest BCUT2D eigenvalue weighted by Crippen LogP contribution is 2.33. The standard InChI is InChI=1S/C25H18F5N3O3.H2S/c26-24(27)12-17(13-31)33(14-24)23(35)8-7-22(34)19-9-10-32-21-6-3-16(11-20(19)21)15-1-4-18(5-2-15)36-25(28,29)30;/h1-6,9-11,17H,7-8,12,14H2;1H2/t17-;/m0./s1. The van der Waals surface area contributed by atoms with Gasteiger partial charge in [-0.1, -0.05) is 18.2 Å². The number of aromatic nitrogens is 1. The first-order valence-corrected chi connectivity index (χ1v) is 10.8. The van der Waals surface area contributed by atoms with E-state index in [4.69, 9.17) is 5.26 Å². The molecule has 2 aromatic carbocycles. The van der Waals surface area contributed by atoms with Crippen molar-refractivity contribution in [2.45, 2.75) is 37.6 Å². The molecule has 1 aliphatic heterocycles. The summed E-state index contributed by atoms with van der Waals surface area (Å²) >= 11 is 0. The van der Waals surface area contributed by atoms with Crippen molar-refractivity contribution in [2.24, 2.45) is 0 Å². The van der Waals surface area contributed by atoms with Crippen molar-refractivity contribution in [3.63, 3.8) is 0 Å². The Balaban J connectivity index is 0.00000380. The number of rotatable bonds is 6. The summed E-state index contributed by atoms with van der Waals surface area (Å²) in [4.78, 5) is 30.4. The summed E-state index contributed by atoms with van der Waals surface area (Å²) in [6.07, 6.45) is -4.71. The Kier molecular flexibility index (Phi) is 8.07. The molecule has 6 nitrogen and oxygen atoms in total. The molecular weight excluding hydrogens is 517 g/mol. The van der Waals surface area contributed by atoms with E-state index in [1.165, 1.54) is 36.5 Å². The number of carbonyl (C=O) groups is 2. The van der Waals surface area contributed by atoms with Crippen LogP contribution in [0.4, 0.5) is 22.0 Å². The average molecular weight is 538 g/mol. The molecule has 12 heteroatoms. The largest absolute Gasteiger partial charge is 0.573 e. The van der Waals surface area contributed by atoms with Crippen molar-refractivity contribution in [1.29, 1.82) is 5.26 Å². The van der Waals surface area contributed by atoms with Gasteiger partial charge >= 0.3 is 6.36 Å². The van der Waals surface area contributed by atoms with Crippen molar-refractivity contribution in [2.75, 3.05) is 6.54 Å². The lowest BCUT2D eigenvalue weighted by Gasteiger charge is -2.18. The van der Waals surface area contributed by atoms with Crippen molar-refractivity contribution in [3.05, 3.63) is 60.3 Å². The molecular formula is C25H20F5N3O3S. The van der Waals surface area contributed by atoms with Crippen molar-refractivity contribution >= 4 is 36.1 Å². The number of hydrogen-bond donors (Lipinski definition) is 0. The summed E-state index contributed by atoms with van der Waals surface area (Å²) in [7, 11) is 0. The fraction of sp³-hybridized carbons (Fsp3) is 0.280. The molecule has 1 amide bonds. The molecule has 2 heterocycles. The number of amides is 1. The van der Waals surface area contributed by atoms with Gasteiger partial charge in [0.05, 0.1) is 18.1 Å². The monoisotopic (exact) mass is 537 g/mol. The number of halogens is 5. The summed E-state index contributed by atoms with van der Waals surface area (Å²) in [5.74, 6) is -4.63. The smallest absolute Gasteiger partial charge is 0.406 e. The summed E-state index contributed by atoms with van der Waals surface area (Å²) in [5.41, 5.74) is 1.92.